The molecule has 1 heterocycles. The summed E-state index contributed by atoms with van der Waals surface area (Å²) in [4.78, 5) is 12.5. The van der Waals surface area contributed by atoms with Gasteiger partial charge in [0.25, 0.3) is 5.91 Å². The molecule has 24 heavy (non-hydrogen) atoms. The van der Waals surface area contributed by atoms with Crippen LogP contribution in [0.25, 0.3) is 11.3 Å². The van der Waals surface area contributed by atoms with Gasteiger partial charge < -0.3 is 5.32 Å². The number of hydrogen-bond donors (Lipinski definition) is 2. The van der Waals surface area contributed by atoms with Gasteiger partial charge in [-0.1, -0.05) is 30.3 Å². The highest BCUT2D eigenvalue weighted by molar-refractivity contribution is 6.06. The van der Waals surface area contributed by atoms with E-state index >= 15 is 0 Å². The number of amides is 1. The van der Waals surface area contributed by atoms with E-state index in [4.69, 9.17) is 0 Å². The molecule has 0 saturated heterocycles. The number of nitrogens with zero attached hydrogens (tertiary/aromatic N) is 1. The molecule has 0 radical (unpaired) electrons. The Morgan fingerprint density at radius 1 is 1.12 bits per heavy atom. The second-order valence-electron chi connectivity index (χ2n) is 5.97. The number of benzene rings is 2. The molecule has 120 valence electrons. The van der Waals surface area contributed by atoms with Gasteiger partial charge >= 0.3 is 0 Å². The van der Waals surface area contributed by atoms with Crippen LogP contribution in [0.3, 0.4) is 0 Å². The van der Waals surface area contributed by atoms with Crippen molar-refractivity contribution in [1.82, 2.24) is 10.2 Å². The number of carbonyl (C=O) groups excluding carboxylic acids is 1. The first-order valence-electron chi connectivity index (χ1n) is 7.93. The first kappa shape index (κ1) is 14.6. The van der Waals surface area contributed by atoms with E-state index < -0.39 is 0 Å². The minimum absolute atomic E-state index is 0.198. The number of aromatic amines is 1. The van der Waals surface area contributed by atoms with Crippen LogP contribution in [0.5, 0.6) is 0 Å². The van der Waals surface area contributed by atoms with Crippen molar-refractivity contribution in [3.8, 4) is 11.3 Å². The van der Waals surface area contributed by atoms with Gasteiger partial charge in [-0.25, -0.2) is 4.39 Å². The molecule has 0 spiro atoms. The fraction of sp³-hybridized carbons (Fsp3) is 0.158. The van der Waals surface area contributed by atoms with E-state index in [1.165, 1.54) is 12.1 Å². The van der Waals surface area contributed by atoms with Crippen LogP contribution >= 0.6 is 0 Å². The van der Waals surface area contributed by atoms with E-state index in [1.807, 2.05) is 18.2 Å². The number of aromatic nitrogens is 2. The fourth-order valence-electron chi connectivity index (χ4n) is 2.77. The van der Waals surface area contributed by atoms with Crippen molar-refractivity contribution in [3.63, 3.8) is 0 Å². The van der Waals surface area contributed by atoms with Crippen molar-refractivity contribution in [3.05, 3.63) is 71.7 Å². The molecule has 1 fully saturated rings. The maximum Gasteiger partial charge on any atom is 0.255 e. The van der Waals surface area contributed by atoms with Crippen LogP contribution in [0.15, 0.2) is 54.6 Å². The monoisotopic (exact) mass is 321 g/mol. The highest BCUT2D eigenvalue weighted by Gasteiger charge is 2.31. The quantitative estimate of drug-likeness (QED) is 0.751. The molecule has 4 nitrogen and oxygen atoms in total. The minimum Gasteiger partial charge on any atom is -0.319 e. The van der Waals surface area contributed by atoms with E-state index in [0.717, 1.165) is 18.5 Å². The second kappa shape index (κ2) is 5.92. The van der Waals surface area contributed by atoms with Crippen molar-refractivity contribution in [2.75, 3.05) is 5.32 Å². The van der Waals surface area contributed by atoms with Crippen molar-refractivity contribution >= 4 is 11.6 Å². The minimum atomic E-state index is -0.330. The summed E-state index contributed by atoms with van der Waals surface area (Å²) in [5.74, 6) is -0.147. The van der Waals surface area contributed by atoms with Crippen LogP contribution in [0.4, 0.5) is 10.1 Å². The van der Waals surface area contributed by atoms with Gasteiger partial charge in [0.05, 0.1) is 11.4 Å². The van der Waals surface area contributed by atoms with Gasteiger partial charge in [0.2, 0.25) is 0 Å². The van der Waals surface area contributed by atoms with Gasteiger partial charge in [-0.2, -0.15) is 5.10 Å². The molecule has 3 aromatic rings. The standard InChI is InChI=1S/C19H16FN3O/c20-15-8-4-7-14(11-15)17-18(16(22-23-17)12-9-10-12)21-19(24)13-5-2-1-3-6-13/h1-8,11-12H,9-10H2,(H,21,24)(H,22,23). The summed E-state index contributed by atoms with van der Waals surface area (Å²) in [5.41, 5.74) is 3.35. The molecule has 1 amide bonds. The highest BCUT2D eigenvalue weighted by atomic mass is 19.1. The third-order valence-corrected chi connectivity index (χ3v) is 4.15. The molecule has 5 heteroatoms. The Hall–Kier alpha value is -2.95. The smallest absolute Gasteiger partial charge is 0.255 e. The average molecular weight is 321 g/mol. The average Bonchev–Trinajstić information content (AvgIpc) is 3.36. The molecule has 1 aliphatic rings. The lowest BCUT2D eigenvalue weighted by Gasteiger charge is -2.08. The topological polar surface area (TPSA) is 57.8 Å². The maximum atomic E-state index is 13.6. The van der Waals surface area contributed by atoms with Gasteiger partial charge in [-0.05, 0) is 37.1 Å². The molecule has 1 aromatic heterocycles. The lowest BCUT2D eigenvalue weighted by atomic mass is 10.1. The number of H-pyrrole nitrogens is 1. The number of hydrogen-bond acceptors (Lipinski definition) is 2. The van der Waals surface area contributed by atoms with E-state index in [2.05, 4.69) is 15.5 Å². The van der Waals surface area contributed by atoms with E-state index in [0.29, 0.717) is 28.4 Å². The van der Waals surface area contributed by atoms with Crippen molar-refractivity contribution < 1.29 is 9.18 Å². The lowest BCUT2D eigenvalue weighted by molar-refractivity contribution is 0.102. The van der Waals surface area contributed by atoms with Crippen molar-refractivity contribution in [2.45, 2.75) is 18.8 Å². The summed E-state index contributed by atoms with van der Waals surface area (Å²) in [6.45, 7) is 0. The van der Waals surface area contributed by atoms with Crippen LogP contribution in [-0.2, 0) is 0 Å². The molecule has 0 unspecified atom stereocenters. The third kappa shape index (κ3) is 2.80. The molecule has 4 rings (SSSR count). The molecule has 0 aliphatic heterocycles. The first-order valence-corrected chi connectivity index (χ1v) is 7.93. The molecular formula is C19H16FN3O. The van der Waals surface area contributed by atoms with E-state index in [9.17, 15) is 9.18 Å². The van der Waals surface area contributed by atoms with Crippen LogP contribution in [0, 0.1) is 5.82 Å². The number of rotatable bonds is 4. The Kier molecular flexibility index (Phi) is 3.61. The van der Waals surface area contributed by atoms with Crippen LogP contribution in [0.2, 0.25) is 0 Å². The highest BCUT2D eigenvalue weighted by Crippen LogP contribution is 2.45. The first-order chi connectivity index (χ1) is 11.7. The molecule has 2 N–H and O–H groups in total. The molecule has 2 aromatic carbocycles. The molecule has 0 atom stereocenters. The second-order valence-corrected chi connectivity index (χ2v) is 5.97. The summed E-state index contributed by atoms with van der Waals surface area (Å²) in [7, 11) is 0. The predicted molar refractivity (Wildman–Crippen MR) is 90.4 cm³/mol. The summed E-state index contributed by atoms with van der Waals surface area (Å²) >= 11 is 0. The summed E-state index contributed by atoms with van der Waals surface area (Å²) in [5, 5.41) is 10.3. The number of nitrogens with one attached hydrogen (secondary N) is 2. The Labute approximate surface area is 138 Å². The SMILES string of the molecule is O=C(Nc1c(-c2cccc(F)c2)n[nH]c1C1CC1)c1ccccc1. The Morgan fingerprint density at radius 2 is 1.92 bits per heavy atom. The lowest BCUT2D eigenvalue weighted by Crippen LogP contribution is -2.13. The van der Waals surface area contributed by atoms with Gasteiger partial charge in [0.1, 0.15) is 11.5 Å². The Balaban J connectivity index is 1.73. The van der Waals surface area contributed by atoms with E-state index in [1.54, 1.807) is 24.3 Å². The normalized spacial score (nSPS) is 13.7. The van der Waals surface area contributed by atoms with Crippen LogP contribution < -0.4 is 5.32 Å². The number of anilines is 1. The molecule has 1 aliphatic carbocycles. The largest absolute Gasteiger partial charge is 0.319 e. The Bertz CT molecular complexity index is 885. The number of carbonyl (C=O) groups is 1. The van der Waals surface area contributed by atoms with E-state index in [-0.39, 0.29) is 11.7 Å². The molecule has 1 saturated carbocycles. The summed E-state index contributed by atoms with van der Waals surface area (Å²) in [6, 6.07) is 15.3. The van der Waals surface area contributed by atoms with Crippen LogP contribution in [-0.4, -0.2) is 16.1 Å². The van der Waals surface area contributed by atoms with Crippen molar-refractivity contribution in [1.29, 1.82) is 0 Å². The maximum absolute atomic E-state index is 13.6. The zero-order valence-electron chi connectivity index (χ0n) is 12.9. The van der Waals surface area contributed by atoms with Gasteiger partial charge in [-0.3, -0.25) is 9.89 Å². The molecular weight excluding hydrogens is 305 g/mol. The van der Waals surface area contributed by atoms with Gasteiger partial charge in [0, 0.05) is 17.0 Å². The summed E-state index contributed by atoms with van der Waals surface area (Å²) in [6.07, 6.45) is 2.14. The fourth-order valence-corrected chi connectivity index (χ4v) is 2.77. The third-order valence-electron chi connectivity index (χ3n) is 4.15. The Morgan fingerprint density at radius 3 is 2.62 bits per heavy atom. The van der Waals surface area contributed by atoms with Crippen LogP contribution in [0.1, 0.15) is 34.8 Å². The van der Waals surface area contributed by atoms with Gasteiger partial charge in [-0.15, -0.1) is 0 Å². The zero-order valence-corrected chi connectivity index (χ0v) is 12.9. The predicted octanol–water partition coefficient (Wildman–Crippen LogP) is 4.35. The zero-order chi connectivity index (χ0) is 16.5. The van der Waals surface area contributed by atoms with Crippen molar-refractivity contribution in [2.24, 2.45) is 0 Å². The molecule has 0 bridgehead atoms. The summed E-state index contributed by atoms with van der Waals surface area (Å²) < 4.78 is 13.6. The van der Waals surface area contributed by atoms with Gasteiger partial charge in [0.15, 0.2) is 0 Å². The number of halogens is 1.